The van der Waals surface area contributed by atoms with Gasteiger partial charge in [0, 0.05) is 26.3 Å². The Morgan fingerprint density at radius 3 is 2.56 bits per heavy atom. The summed E-state index contributed by atoms with van der Waals surface area (Å²) in [5.41, 5.74) is 5.96. The summed E-state index contributed by atoms with van der Waals surface area (Å²) >= 11 is 0. The van der Waals surface area contributed by atoms with E-state index in [-0.39, 0.29) is 17.9 Å². The number of hydrogen-bond donors (Lipinski definition) is 1. The molecule has 1 heterocycles. The fourth-order valence-electron chi connectivity index (χ4n) is 1.98. The molecule has 0 aromatic rings. The van der Waals surface area contributed by atoms with Crippen molar-refractivity contribution in [2.24, 2.45) is 11.7 Å². The van der Waals surface area contributed by atoms with Crippen LogP contribution in [0.5, 0.6) is 0 Å². The smallest absolute Gasteiger partial charge is 0.239 e. The Hall–Kier alpha value is -0.610. The lowest BCUT2D eigenvalue weighted by molar-refractivity contribution is -0.136. The van der Waals surface area contributed by atoms with E-state index in [1.807, 2.05) is 18.9 Å². The molecule has 16 heavy (non-hydrogen) atoms. The first kappa shape index (κ1) is 13.5. The van der Waals surface area contributed by atoms with Crippen LogP contribution < -0.4 is 5.73 Å². The molecule has 0 radical (unpaired) electrons. The van der Waals surface area contributed by atoms with Crippen molar-refractivity contribution in [3.05, 3.63) is 0 Å². The van der Waals surface area contributed by atoms with Gasteiger partial charge in [-0.2, -0.15) is 0 Å². The van der Waals surface area contributed by atoms with Crippen LogP contribution in [-0.4, -0.2) is 43.2 Å². The summed E-state index contributed by atoms with van der Waals surface area (Å²) in [6, 6.07) is -0.0609. The summed E-state index contributed by atoms with van der Waals surface area (Å²) in [5, 5.41) is 0. The zero-order valence-electron chi connectivity index (χ0n) is 10.6. The maximum atomic E-state index is 12.1. The number of rotatable bonds is 4. The average molecular weight is 228 g/mol. The minimum absolute atomic E-state index is 0.0706. The van der Waals surface area contributed by atoms with Crippen LogP contribution in [-0.2, 0) is 9.53 Å². The lowest BCUT2D eigenvalue weighted by atomic mass is 9.97. The third-order valence-electron chi connectivity index (χ3n) is 3.63. The highest BCUT2D eigenvalue weighted by Gasteiger charge is 2.28. The van der Waals surface area contributed by atoms with Crippen LogP contribution >= 0.6 is 0 Å². The quantitative estimate of drug-likeness (QED) is 0.781. The molecule has 2 N–H and O–H groups in total. The van der Waals surface area contributed by atoms with Gasteiger partial charge in [0.25, 0.3) is 0 Å². The van der Waals surface area contributed by atoms with Gasteiger partial charge in [-0.1, -0.05) is 20.3 Å². The number of carbonyl (C=O) groups is 1. The maximum absolute atomic E-state index is 12.1. The SMILES string of the molecule is CCC(C)C(N)C(=O)N(C)C1CCOCC1. The largest absolute Gasteiger partial charge is 0.381 e. The van der Waals surface area contributed by atoms with Crippen LogP contribution in [0.3, 0.4) is 0 Å². The van der Waals surface area contributed by atoms with Crippen molar-refractivity contribution in [1.29, 1.82) is 0 Å². The molecule has 1 amide bonds. The van der Waals surface area contributed by atoms with E-state index in [9.17, 15) is 4.79 Å². The molecule has 1 rings (SSSR count). The first-order valence-corrected chi connectivity index (χ1v) is 6.18. The van der Waals surface area contributed by atoms with Gasteiger partial charge in [0.05, 0.1) is 6.04 Å². The number of hydrogen-bond acceptors (Lipinski definition) is 3. The lowest BCUT2D eigenvalue weighted by Crippen LogP contribution is -2.50. The molecule has 1 aliphatic rings. The lowest BCUT2D eigenvalue weighted by Gasteiger charge is -2.34. The molecule has 0 aromatic heterocycles. The highest BCUT2D eigenvalue weighted by molar-refractivity contribution is 5.82. The standard InChI is InChI=1S/C12H24N2O2/c1-4-9(2)11(13)12(15)14(3)10-5-7-16-8-6-10/h9-11H,4-8,13H2,1-3H3. The Morgan fingerprint density at radius 1 is 1.50 bits per heavy atom. The summed E-state index contributed by atoms with van der Waals surface area (Å²) in [7, 11) is 1.86. The average Bonchev–Trinajstić information content (AvgIpc) is 2.36. The Balaban J connectivity index is 2.51. The van der Waals surface area contributed by atoms with Crippen LogP contribution in [0.1, 0.15) is 33.1 Å². The summed E-state index contributed by atoms with van der Waals surface area (Å²) in [6.45, 7) is 5.59. The Bertz CT molecular complexity index is 227. The topological polar surface area (TPSA) is 55.6 Å². The predicted octanol–water partition coefficient (Wildman–Crippen LogP) is 0.997. The number of carbonyl (C=O) groups excluding carboxylic acids is 1. The van der Waals surface area contributed by atoms with Crippen molar-refractivity contribution in [2.45, 2.75) is 45.2 Å². The van der Waals surface area contributed by atoms with E-state index >= 15 is 0 Å². The third-order valence-corrected chi connectivity index (χ3v) is 3.63. The van der Waals surface area contributed by atoms with Gasteiger partial charge < -0.3 is 15.4 Å². The van der Waals surface area contributed by atoms with Crippen molar-refractivity contribution >= 4 is 5.91 Å². The molecule has 0 aliphatic carbocycles. The Labute approximate surface area is 98.1 Å². The number of nitrogens with zero attached hydrogens (tertiary/aromatic N) is 1. The van der Waals surface area contributed by atoms with E-state index in [4.69, 9.17) is 10.5 Å². The molecule has 2 atom stereocenters. The minimum Gasteiger partial charge on any atom is -0.381 e. The van der Waals surface area contributed by atoms with E-state index in [1.165, 1.54) is 0 Å². The third kappa shape index (κ3) is 3.19. The summed E-state index contributed by atoms with van der Waals surface area (Å²) in [4.78, 5) is 13.9. The second-order valence-corrected chi connectivity index (χ2v) is 4.70. The van der Waals surface area contributed by atoms with Gasteiger partial charge in [0.15, 0.2) is 0 Å². The second kappa shape index (κ2) is 6.21. The van der Waals surface area contributed by atoms with Gasteiger partial charge >= 0.3 is 0 Å². The number of ether oxygens (including phenoxy) is 1. The molecule has 1 saturated heterocycles. The van der Waals surface area contributed by atoms with Gasteiger partial charge in [-0.05, 0) is 18.8 Å². The van der Waals surface area contributed by atoms with E-state index in [1.54, 1.807) is 0 Å². The molecule has 1 fully saturated rings. The Morgan fingerprint density at radius 2 is 2.06 bits per heavy atom. The van der Waals surface area contributed by atoms with Crippen LogP contribution in [0, 0.1) is 5.92 Å². The van der Waals surface area contributed by atoms with Crippen molar-refractivity contribution in [1.82, 2.24) is 4.90 Å². The van der Waals surface area contributed by atoms with Gasteiger partial charge in [0.2, 0.25) is 5.91 Å². The molecule has 1 aliphatic heterocycles. The monoisotopic (exact) mass is 228 g/mol. The van der Waals surface area contributed by atoms with Gasteiger partial charge in [0.1, 0.15) is 0 Å². The Kier molecular flexibility index (Phi) is 5.22. The van der Waals surface area contributed by atoms with Crippen LogP contribution in [0.2, 0.25) is 0 Å². The van der Waals surface area contributed by atoms with E-state index in [0.29, 0.717) is 6.04 Å². The van der Waals surface area contributed by atoms with Gasteiger partial charge in [-0.25, -0.2) is 0 Å². The predicted molar refractivity (Wildman–Crippen MR) is 64.0 cm³/mol. The first-order chi connectivity index (χ1) is 7.57. The molecular weight excluding hydrogens is 204 g/mol. The molecule has 0 saturated carbocycles. The molecule has 4 heteroatoms. The van der Waals surface area contributed by atoms with Crippen molar-refractivity contribution in [2.75, 3.05) is 20.3 Å². The van der Waals surface area contributed by atoms with Gasteiger partial charge in [-0.3, -0.25) is 4.79 Å². The summed E-state index contributed by atoms with van der Waals surface area (Å²) in [5.74, 6) is 0.316. The molecule has 4 nitrogen and oxygen atoms in total. The highest BCUT2D eigenvalue weighted by atomic mass is 16.5. The van der Waals surface area contributed by atoms with Crippen molar-refractivity contribution in [3.8, 4) is 0 Å². The van der Waals surface area contributed by atoms with E-state index in [2.05, 4.69) is 6.92 Å². The fourth-order valence-corrected chi connectivity index (χ4v) is 1.98. The van der Waals surface area contributed by atoms with Crippen molar-refractivity contribution in [3.63, 3.8) is 0 Å². The first-order valence-electron chi connectivity index (χ1n) is 6.18. The molecule has 0 spiro atoms. The maximum Gasteiger partial charge on any atom is 0.239 e. The van der Waals surface area contributed by atoms with Gasteiger partial charge in [-0.15, -0.1) is 0 Å². The van der Waals surface area contributed by atoms with Crippen LogP contribution in [0.25, 0.3) is 0 Å². The number of amides is 1. The number of likely N-dealkylation sites (N-methyl/N-ethyl adjacent to an activating group) is 1. The molecule has 94 valence electrons. The second-order valence-electron chi connectivity index (χ2n) is 4.70. The van der Waals surface area contributed by atoms with Crippen molar-refractivity contribution < 1.29 is 9.53 Å². The number of nitrogens with two attached hydrogens (primary N) is 1. The molecule has 2 unspecified atom stereocenters. The van der Waals surface area contributed by atoms with E-state index < -0.39 is 0 Å². The highest BCUT2D eigenvalue weighted by Crippen LogP contribution is 2.16. The summed E-state index contributed by atoms with van der Waals surface area (Å²) < 4.78 is 5.29. The zero-order valence-corrected chi connectivity index (χ0v) is 10.6. The summed E-state index contributed by atoms with van der Waals surface area (Å²) in [6.07, 6.45) is 2.79. The fraction of sp³-hybridized carbons (Fsp3) is 0.917. The van der Waals surface area contributed by atoms with E-state index in [0.717, 1.165) is 32.5 Å². The van der Waals surface area contributed by atoms with Crippen LogP contribution in [0.4, 0.5) is 0 Å². The zero-order chi connectivity index (χ0) is 12.1. The van der Waals surface area contributed by atoms with Crippen LogP contribution in [0.15, 0.2) is 0 Å². The normalized spacial score (nSPS) is 21.5. The minimum atomic E-state index is -0.363. The molecular formula is C12H24N2O2. The molecule has 0 aromatic carbocycles. The molecule has 0 bridgehead atoms.